The van der Waals surface area contributed by atoms with Crippen LogP contribution in [0.15, 0.2) is 24.3 Å². The minimum atomic E-state index is -0.797. The number of aromatic nitrogens is 1. The van der Waals surface area contributed by atoms with Gasteiger partial charge in [0.25, 0.3) is 5.91 Å². The second-order valence-corrected chi connectivity index (χ2v) is 5.18. The van der Waals surface area contributed by atoms with Gasteiger partial charge in [-0.15, -0.1) is 11.3 Å². The van der Waals surface area contributed by atoms with Crippen molar-refractivity contribution >= 4 is 49.0 Å². The van der Waals surface area contributed by atoms with Gasteiger partial charge in [-0.2, -0.15) is 0 Å². The number of hydrogen-bond acceptors (Lipinski definition) is 4. The summed E-state index contributed by atoms with van der Waals surface area (Å²) in [4.78, 5) is 15.0. The number of primary amides is 1. The summed E-state index contributed by atoms with van der Waals surface area (Å²) in [6.07, 6.45) is 0. The number of nitrogens with zero attached hydrogens (tertiary/aromatic N) is 1. The largest absolute Gasteiger partial charge is 0.504 e. The molecule has 0 atom stereocenters. The number of carbonyl (C=O) groups excluding carboxylic acids is 1. The highest BCUT2D eigenvalue weighted by Crippen LogP contribution is 2.42. The highest BCUT2D eigenvalue weighted by atomic mass is 35.5. The zero-order valence-corrected chi connectivity index (χ0v) is 10.5. The first-order valence-corrected chi connectivity index (χ1v) is 6.28. The lowest BCUT2D eigenvalue weighted by Crippen LogP contribution is -2.13. The van der Waals surface area contributed by atoms with E-state index in [2.05, 4.69) is 4.98 Å². The second-order valence-electron chi connectivity index (χ2n) is 3.77. The van der Waals surface area contributed by atoms with Crippen molar-refractivity contribution in [2.24, 2.45) is 5.73 Å². The number of carbonyl (C=O) groups is 1. The van der Waals surface area contributed by atoms with Crippen LogP contribution in [-0.2, 0) is 0 Å². The van der Waals surface area contributed by atoms with Crippen molar-refractivity contribution in [3.8, 4) is 5.75 Å². The number of aromatic hydroxyl groups is 1. The molecule has 3 rings (SSSR count). The molecule has 18 heavy (non-hydrogen) atoms. The molecule has 0 saturated carbocycles. The van der Waals surface area contributed by atoms with Crippen LogP contribution in [0.25, 0.3) is 20.2 Å². The lowest BCUT2D eigenvalue weighted by atomic mass is 10.2. The number of thiophene rings is 1. The molecule has 0 aliphatic heterocycles. The molecular formula is C12H7ClN2O2S. The highest BCUT2D eigenvalue weighted by molar-refractivity contribution is 7.26. The maximum Gasteiger partial charge on any atom is 0.271 e. The lowest BCUT2D eigenvalue weighted by Gasteiger charge is -2.02. The van der Waals surface area contributed by atoms with E-state index in [9.17, 15) is 9.90 Å². The third-order valence-corrected chi connectivity index (χ3v) is 4.14. The van der Waals surface area contributed by atoms with Crippen molar-refractivity contribution in [2.45, 2.75) is 0 Å². The summed E-state index contributed by atoms with van der Waals surface area (Å²) >= 11 is 7.43. The molecule has 1 aromatic carbocycles. The standard InChI is InChI=1S/C12H7ClN2O2S/c13-11-7-5-3-1-2-4-6(5)18-10(7)9(16)8(15-11)12(14)17/h1-4,16H,(H2,14,17). The molecule has 0 radical (unpaired) electrons. The average Bonchev–Trinajstić information content (AvgIpc) is 2.73. The molecule has 0 unspecified atom stereocenters. The van der Waals surface area contributed by atoms with Crippen LogP contribution < -0.4 is 5.73 Å². The number of hydrogen-bond donors (Lipinski definition) is 2. The van der Waals surface area contributed by atoms with Gasteiger partial charge in [0.05, 0.1) is 4.70 Å². The Morgan fingerprint density at radius 2 is 2.11 bits per heavy atom. The number of pyridine rings is 1. The van der Waals surface area contributed by atoms with E-state index < -0.39 is 5.91 Å². The first-order valence-electron chi connectivity index (χ1n) is 5.09. The van der Waals surface area contributed by atoms with E-state index >= 15 is 0 Å². The number of amides is 1. The van der Waals surface area contributed by atoms with E-state index in [0.717, 1.165) is 10.1 Å². The number of rotatable bonds is 1. The Labute approximate surface area is 111 Å². The molecule has 90 valence electrons. The van der Waals surface area contributed by atoms with Gasteiger partial charge in [0.1, 0.15) is 5.15 Å². The van der Waals surface area contributed by atoms with E-state index in [4.69, 9.17) is 17.3 Å². The van der Waals surface area contributed by atoms with Gasteiger partial charge in [0.15, 0.2) is 11.4 Å². The minimum absolute atomic E-state index is 0.175. The Morgan fingerprint density at radius 1 is 1.39 bits per heavy atom. The van der Waals surface area contributed by atoms with Crippen LogP contribution in [-0.4, -0.2) is 16.0 Å². The third-order valence-electron chi connectivity index (χ3n) is 2.68. The third kappa shape index (κ3) is 1.45. The Hall–Kier alpha value is -1.85. The summed E-state index contributed by atoms with van der Waals surface area (Å²) in [6.45, 7) is 0. The van der Waals surface area contributed by atoms with Crippen LogP contribution in [0.3, 0.4) is 0 Å². The molecule has 0 fully saturated rings. The fourth-order valence-corrected chi connectivity index (χ4v) is 3.39. The average molecular weight is 279 g/mol. The van der Waals surface area contributed by atoms with Gasteiger partial charge in [0.2, 0.25) is 0 Å². The van der Waals surface area contributed by atoms with Gasteiger partial charge in [-0.25, -0.2) is 4.98 Å². The van der Waals surface area contributed by atoms with Gasteiger partial charge in [0, 0.05) is 15.5 Å². The second kappa shape index (κ2) is 3.83. The van der Waals surface area contributed by atoms with E-state index in [0.29, 0.717) is 10.1 Å². The van der Waals surface area contributed by atoms with Crippen molar-refractivity contribution in [1.29, 1.82) is 0 Å². The van der Waals surface area contributed by atoms with Crippen LogP contribution in [0.2, 0.25) is 5.15 Å². The number of nitrogens with two attached hydrogens (primary N) is 1. The molecule has 0 aliphatic rings. The van der Waals surface area contributed by atoms with Crippen LogP contribution in [0.5, 0.6) is 5.75 Å². The summed E-state index contributed by atoms with van der Waals surface area (Å²) in [5, 5.41) is 11.8. The van der Waals surface area contributed by atoms with Gasteiger partial charge in [-0.05, 0) is 6.07 Å². The maximum absolute atomic E-state index is 11.2. The molecule has 4 nitrogen and oxygen atoms in total. The van der Waals surface area contributed by atoms with Crippen LogP contribution in [0, 0.1) is 0 Å². The molecule has 0 spiro atoms. The van der Waals surface area contributed by atoms with Gasteiger partial charge < -0.3 is 10.8 Å². The summed E-state index contributed by atoms with van der Waals surface area (Å²) < 4.78 is 1.50. The molecule has 0 bridgehead atoms. The van der Waals surface area contributed by atoms with Gasteiger partial charge in [-0.1, -0.05) is 29.8 Å². The van der Waals surface area contributed by atoms with Gasteiger partial charge in [-0.3, -0.25) is 4.79 Å². The summed E-state index contributed by atoms with van der Waals surface area (Å²) in [5.41, 5.74) is 4.96. The van der Waals surface area contributed by atoms with Crippen LogP contribution in [0.1, 0.15) is 10.5 Å². The van der Waals surface area contributed by atoms with Crippen molar-refractivity contribution in [3.05, 3.63) is 35.1 Å². The van der Waals surface area contributed by atoms with Crippen LogP contribution >= 0.6 is 22.9 Å². The first kappa shape index (κ1) is 11.3. The van der Waals surface area contributed by atoms with Crippen molar-refractivity contribution in [2.75, 3.05) is 0 Å². The highest BCUT2D eigenvalue weighted by Gasteiger charge is 2.19. The molecule has 1 amide bonds. The smallest absolute Gasteiger partial charge is 0.271 e. The maximum atomic E-state index is 11.2. The SMILES string of the molecule is NC(=O)c1nc(Cl)c2c(sc3ccccc32)c1O. The minimum Gasteiger partial charge on any atom is -0.504 e. The Bertz CT molecular complexity index is 797. The topological polar surface area (TPSA) is 76.2 Å². The quantitative estimate of drug-likeness (QED) is 0.672. The van der Waals surface area contributed by atoms with E-state index in [-0.39, 0.29) is 16.6 Å². The molecular weight excluding hydrogens is 272 g/mol. The van der Waals surface area contributed by atoms with Gasteiger partial charge >= 0.3 is 0 Å². The zero-order chi connectivity index (χ0) is 12.9. The Morgan fingerprint density at radius 3 is 2.83 bits per heavy atom. The summed E-state index contributed by atoms with van der Waals surface area (Å²) in [7, 11) is 0. The first-order chi connectivity index (χ1) is 8.59. The normalized spacial score (nSPS) is 11.2. The molecule has 0 aliphatic carbocycles. The molecule has 3 aromatic rings. The molecule has 6 heteroatoms. The molecule has 3 N–H and O–H groups in total. The van der Waals surface area contributed by atoms with E-state index in [1.807, 2.05) is 24.3 Å². The summed E-state index contributed by atoms with van der Waals surface area (Å²) in [6, 6.07) is 7.58. The lowest BCUT2D eigenvalue weighted by molar-refractivity contribution is 0.0993. The summed E-state index contributed by atoms with van der Waals surface area (Å²) in [5.74, 6) is -1.00. The molecule has 2 aromatic heterocycles. The number of fused-ring (bicyclic) bond motifs is 3. The van der Waals surface area contributed by atoms with Crippen molar-refractivity contribution < 1.29 is 9.90 Å². The predicted molar refractivity (Wildman–Crippen MR) is 72.3 cm³/mol. The number of benzene rings is 1. The van der Waals surface area contributed by atoms with E-state index in [1.54, 1.807) is 0 Å². The van der Waals surface area contributed by atoms with E-state index in [1.165, 1.54) is 11.3 Å². The Kier molecular flexibility index (Phi) is 2.39. The fourth-order valence-electron chi connectivity index (χ4n) is 1.90. The fraction of sp³-hybridized carbons (Fsp3) is 0. The van der Waals surface area contributed by atoms with Crippen molar-refractivity contribution in [1.82, 2.24) is 4.98 Å². The monoisotopic (exact) mass is 278 g/mol. The Balaban J connectivity index is 2.56. The van der Waals surface area contributed by atoms with Crippen LogP contribution in [0.4, 0.5) is 0 Å². The molecule has 0 saturated heterocycles. The van der Waals surface area contributed by atoms with Crippen molar-refractivity contribution in [3.63, 3.8) is 0 Å². The number of halogens is 1. The predicted octanol–water partition coefficient (Wildman–Crippen LogP) is 2.91. The zero-order valence-electron chi connectivity index (χ0n) is 8.98. The molecule has 2 heterocycles.